The van der Waals surface area contributed by atoms with E-state index in [4.69, 9.17) is 11.6 Å². The van der Waals surface area contributed by atoms with Crippen molar-refractivity contribution in [2.75, 3.05) is 0 Å². The van der Waals surface area contributed by atoms with Crippen LogP contribution in [-0.4, -0.2) is 9.55 Å². The third kappa shape index (κ3) is 2.21. The lowest BCUT2D eigenvalue weighted by Gasteiger charge is -2.08. The Morgan fingerprint density at radius 3 is 2.60 bits per heavy atom. The second-order valence-corrected chi connectivity index (χ2v) is 5.09. The summed E-state index contributed by atoms with van der Waals surface area (Å²) in [6.45, 7) is 0. The monoisotopic (exact) mass is 284 g/mol. The molecular weight excluding hydrogens is 272 g/mol. The van der Waals surface area contributed by atoms with E-state index in [0.29, 0.717) is 17.1 Å². The zero-order valence-electron chi connectivity index (χ0n) is 11.0. The summed E-state index contributed by atoms with van der Waals surface area (Å²) in [5.74, 6) is 0. The number of aryl methyl sites for hydroxylation is 1. The summed E-state index contributed by atoms with van der Waals surface area (Å²) in [7, 11) is 1.77. The van der Waals surface area contributed by atoms with Crippen LogP contribution < -0.4 is 5.56 Å². The van der Waals surface area contributed by atoms with Crippen molar-refractivity contribution in [3.8, 4) is 0 Å². The molecule has 100 valence electrons. The quantitative estimate of drug-likeness (QED) is 0.724. The first-order valence-electron chi connectivity index (χ1n) is 6.35. The molecule has 3 nitrogen and oxygen atoms in total. The molecule has 0 bridgehead atoms. The van der Waals surface area contributed by atoms with Crippen molar-refractivity contribution in [2.24, 2.45) is 7.05 Å². The minimum Gasteiger partial charge on any atom is -0.308 e. The van der Waals surface area contributed by atoms with Gasteiger partial charge < -0.3 is 4.57 Å². The molecule has 0 atom stereocenters. The Morgan fingerprint density at radius 2 is 1.80 bits per heavy atom. The van der Waals surface area contributed by atoms with Crippen molar-refractivity contribution in [3.05, 3.63) is 75.2 Å². The lowest BCUT2D eigenvalue weighted by Crippen LogP contribution is -2.23. The van der Waals surface area contributed by atoms with E-state index in [1.165, 1.54) is 0 Å². The SMILES string of the molecule is Cn1c(=O)c(Cc2ccccc2Cl)nc2ccccc21. The van der Waals surface area contributed by atoms with Crippen molar-refractivity contribution in [1.29, 1.82) is 0 Å². The second-order valence-electron chi connectivity index (χ2n) is 4.68. The maximum absolute atomic E-state index is 12.4. The average molecular weight is 285 g/mol. The summed E-state index contributed by atoms with van der Waals surface area (Å²) in [4.78, 5) is 16.8. The van der Waals surface area contributed by atoms with E-state index in [1.807, 2.05) is 48.5 Å². The van der Waals surface area contributed by atoms with Gasteiger partial charge in [-0.25, -0.2) is 4.98 Å². The zero-order chi connectivity index (χ0) is 14.1. The molecular formula is C16H13ClN2O. The topological polar surface area (TPSA) is 34.9 Å². The average Bonchev–Trinajstić information content (AvgIpc) is 2.47. The van der Waals surface area contributed by atoms with Crippen molar-refractivity contribution in [3.63, 3.8) is 0 Å². The van der Waals surface area contributed by atoms with E-state index in [9.17, 15) is 4.79 Å². The predicted molar refractivity (Wildman–Crippen MR) is 81.2 cm³/mol. The summed E-state index contributed by atoms with van der Waals surface area (Å²) >= 11 is 6.15. The number of fused-ring (bicyclic) bond motifs is 1. The van der Waals surface area contributed by atoms with E-state index in [1.54, 1.807) is 11.6 Å². The molecule has 1 heterocycles. The molecule has 0 amide bonds. The molecule has 2 aromatic carbocycles. The normalized spacial score (nSPS) is 10.9. The molecule has 1 aromatic heterocycles. The van der Waals surface area contributed by atoms with Crippen LogP contribution in [0.5, 0.6) is 0 Å². The van der Waals surface area contributed by atoms with Crippen molar-refractivity contribution >= 4 is 22.6 Å². The number of hydrogen-bond acceptors (Lipinski definition) is 2. The number of hydrogen-bond donors (Lipinski definition) is 0. The molecule has 3 rings (SSSR count). The number of rotatable bonds is 2. The lowest BCUT2D eigenvalue weighted by atomic mass is 10.1. The molecule has 0 unspecified atom stereocenters. The first-order valence-corrected chi connectivity index (χ1v) is 6.72. The van der Waals surface area contributed by atoms with Crippen molar-refractivity contribution in [2.45, 2.75) is 6.42 Å². The molecule has 0 radical (unpaired) electrons. The maximum Gasteiger partial charge on any atom is 0.272 e. The van der Waals surface area contributed by atoms with Crippen LogP contribution in [0.15, 0.2) is 53.3 Å². The first kappa shape index (κ1) is 12.9. The van der Waals surface area contributed by atoms with Crippen molar-refractivity contribution < 1.29 is 0 Å². The molecule has 0 saturated carbocycles. The number of halogens is 1. The van der Waals surface area contributed by atoms with Gasteiger partial charge in [-0.1, -0.05) is 41.9 Å². The van der Waals surface area contributed by atoms with Gasteiger partial charge in [-0.3, -0.25) is 4.79 Å². The van der Waals surface area contributed by atoms with Gasteiger partial charge in [0.05, 0.1) is 11.0 Å². The summed E-state index contributed by atoms with van der Waals surface area (Å²) in [5, 5.41) is 0.657. The van der Waals surface area contributed by atoms with E-state index in [-0.39, 0.29) is 5.56 Å². The minimum absolute atomic E-state index is 0.0800. The first-order chi connectivity index (χ1) is 9.66. The minimum atomic E-state index is -0.0800. The van der Waals surface area contributed by atoms with E-state index in [2.05, 4.69) is 4.98 Å². The standard InChI is InChI=1S/C16H13ClN2O/c1-19-15-9-5-4-8-13(15)18-14(16(19)20)10-11-6-2-3-7-12(11)17/h2-9H,10H2,1H3. The number of nitrogens with zero attached hydrogens (tertiary/aromatic N) is 2. The third-order valence-electron chi connectivity index (χ3n) is 3.37. The van der Waals surface area contributed by atoms with Gasteiger partial charge in [-0.15, -0.1) is 0 Å². The fourth-order valence-corrected chi connectivity index (χ4v) is 2.48. The molecule has 0 aliphatic carbocycles. The Labute approximate surface area is 121 Å². The largest absolute Gasteiger partial charge is 0.308 e. The Balaban J connectivity index is 2.15. The molecule has 4 heteroatoms. The van der Waals surface area contributed by atoms with Crippen LogP contribution in [0.3, 0.4) is 0 Å². The number of aromatic nitrogens is 2. The molecule has 0 spiro atoms. The van der Waals surface area contributed by atoms with Gasteiger partial charge in [0.2, 0.25) is 0 Å². The third-order valence-corrected chi connectivity index (χ3v) is 3.73. The highest BCUT2D eigenvalue weighted by Crippen LogP contribution is 2.18. The maximum atomic E-state index is 12.4. The van der Waals surface area contributed by atoms with Crippen LogP contribution in [0.4, 0.5) is 0 Å². The molecule has 0 aliphatic heterocycles. The summed E-state index contributed by atoms with van der Waals surface area (Å²) < 4.78 is 1.63. The van der Waals surface area contributed by atoms with Crippen LogP contribution in [-0.2, 0) is 13.5 Å². The van der Waals surface area contributed by atoms with Gasteiger partial charge >= 0.3 is 0 Å². The lowest BCUT2D eigenvalue weighted by molar-refractivity contribution is 0.855. The molecule has 0 N–H and O–H groups in total. The van der Waals surface area contributed by atoms with Gasteiger partial charge in [0, 0.05) is 18.5 Å². The zero-order valence-corrected chi connectivity index (χ0v) is 11.8. The van der Waals surface area contributed by atoms with Crippen molar-refractivity contribution in [1.82, 2.24) is 9.55 Å². The highest BCUT2D eigenvalue weighted by atomic mass is 35.5. The van der Waals surface area contributed by atoms with Gasteiger partial charge in [0.25, 0.3) is 5.56 Å². The second kappa shape index (κ2) is 5.10. The van der Waals surface area contributed by atoms with E-state index in [0.717, 1.165) is 16.6 Å². The molecule has 0 fully saturated rings. The smallest absolute Gasteiger partial charge is 0.272 e. The Hall–Kier alpha value is -2.13. The van der Waals surface area contributed by atoms with Crippen LogP contribution in [0.25, 0.3) is 11.0 Å². The number of benzene rings is 2. The number of para-hydroxylation sites is 2. The van der Waals surface area contributed by atoms with Gasteiger partial charge in [-0.05, 0) is 23.8 Å². The molecule has 20 heavy (non-hydrogen) atoms. The summed E-state index contributed by atoms with van der Waals surface area (Å²) in [6, 6.07) is 15.1. The van der Waals surface area contributed by atoms with Crippen LogP contribution in [0, 0.1) is 0 Å². The van der Waals surface area contributed by atoms with Gasteiger partial charge in [0.15, 0.2) is 0 Å². The van der Waals surface area contributed by atoms with E-state index >= 15 is 0 Å². The predicted octanol–water partition coefficient (Wildman–Crippen LogP) is 3.18. The van der Waals surface area contributed by atoms with Crippen LogP contribution >= 0.6 is 11.6 Å². The Morgan fingerprint density at radius 1 is 1.10 bits per heavy atom. The van der Waals surface area contributed by atoms with Gasteiger partial charge in [-0.2, -0.15) is 0 Å². The molecule has 0 aliphatic rings. The molecule has 0 saturated heterocycles. The highest BCUT2D eigenvalue weighted by molar-refractivity contribution is 6.31. The van der Waals surface area contributed by atoms with Crippen LogP contribution in [0.2, 0.25) is 5.02 Å². The fourth-order valence-electron chi connectivity index (χ4n) is 2.28. The van der Waals surface area contributed by atoms with Gasteiger partial charge in [0.1, 0.15) is 5.69 Å². The summed E-state index contributed by atoms with van der Waals surface area (Å²) in [5.41, 5.74) is 2.99. The van der Waals surface area contributed by atoms with E-state index < -0.39 is 0 Å². The Kier molecular flexibility index (Phi) is 3.28. The highest BCUT2D eigenvalue weighted by Gasteiger charge is 2.10. The fraction of sp³-hybridized carbons (Fsp3) is 0.125. The summed E-state index contributed by atoms with van der Waals surface area (Å²) in [6.07, 6.45) is 0.442. The molecule has 3 aromatic rings. The van der Waals surface area contributed by atoms with Crippen LogP contribution in [0.1, 0.15) is 11.3 Å². The Bertz CT molecular complexity index is 839.